The first-order valence-electron chi connectivity index (χ1n) is 28.0. The van der Waals surface area contributed by atoms with Crippen LogP contribution >= 0.6 is 0 Å². The summed E-state index contributed by atoms with van der Waals surface area (Å²) in [6.45, 7) is 12.0. The second-order valence-electron chi connectivity index (χ2n) is 22.1. The second kappa shape index (κ2) is 21.4. The number of piperidine rings is 2. The van der Waals surface area contributed by atoms with Crippen LogP contribution < -0.4 is 15.0 Å². The van der Waals surface area contributed by atoms with Crippen molar-refractivity contribution in [2.24, 2.45) is 12.5 Å². The van der Waals surface area contributed by atoms with Crippen LogP contribution in [0, 0.1) is 17.0 Å². The first-order valence-corrected chi connectivity index (χ1v) is 28.0. The van der Waals surface area contributed by atoms with E-state index in [2.05, 4.69) is 38.4 Å². The van der Waals surface area contributed by atoms with Crippen LogP contribution in [0.1, 0.15) is 132 Å². The molecule has 2 atom stereocenters. The van der Waals surface area contributed by atoms with E-state index in [-0.39, 0.29) is 64.2 Å². The van der Waals surface area contributed by atoms with Crippen molar-refractivity contribution < 1.29 is 42.5 Å². The number of carbonyl (C=O) groups is 3. The number of nitrogens with one attached hydrogen (secondary N) is 1. The third-order valence-electron chi connectivity index (χ3n) is 17.8. The van der Waals surface area contributed by atoms with Gasteiger partial charge in [-0.3, -0.25) is 24.5 Å². The zero-order valence-corrected chi connectivity index (χ0v) is 45.1. The number of imide groups is 1. The van der Waals surface area contributed by atoms with Gasteiger partial charge in [0.05, 0.1) is 53.5 Å². The van der Waals surface area contributed by atoms with Crippen molar-refractivity contribution in [1.82, 2.24) is 39.8 Å². The lowest BCUT2D eigenvalue weighted by Gasteiger charge is -2.52. The number of methoxy groups -OCH3 is 1. The standard InChI is InChI=1S/C34H37F2N5O3.C23H28N4O4.C2H6/c1-2-23-25(35)8-6-20-16-22(42)17-24(27(20)23)30-29(36)31-28-26(37-30)9-7-21-18-43-15-5-14-41(21)32(28)39-33(38-31)44-19-34-10-3-12-40(34)13-4-11-34;1-26-18-11-14(15-12-23(13-15)7-9-27(10-8-23)22(30)31-2)3-4-16(18)20(25-26)17-5-6-19(28)24-21(17)29;1-2/h6,8,16-17,21,42H,2-5,7,9-15,18-19H2,1H3;3-4,11,15,17H,5-10,12-13H2,1-2H3,(H,24,28,29);1-2H3. The summed E-state index contributed by atoms with van der Waals surface area (Å²) in [7, 11) is 3.35. The number of aromatic hydroxyl groups is 1. The van der Waals surface area contributed by atoms with E-state index in [9.17, 15) is 19.5 Å². The molecule has 7 aliphatic rings. The summed E-state index contributed by atoms with van der Waals surface area (Å²) in [4.78, 5) is 56.7. The van der Waals surface area contributed by atoms with Crippen molar-refractivity contribution in [3.05, 3.63) is 76.6 Å². The number of hydrogen-bond donors (Lipinski definition) is 2. The minimum Gasteiger partial charge on any atom is -0.508 e. The maximum atomic E-state index is 17.0. The van der Waals surface area contributed by atoms with Crippen molar-refractivity contribution in [1.29, 1.82) is 0 Å². The quantitative estimate of drug-likeness (QED) is 0.145. The summed E-state index contributed by atoms with van der Waals surface area (Å²) < 4.78 is 51.1. The molecule has 3 aromatic carbocycles. The number of halogens is 2. The Morgan fingerprint density at radius 3 is 2.43 bits per heavy atom. The molecule has 0 bridgehead atoms. The molecule has 18 heteroatoms. The molecule has 1 spiro atoms. The van der Waals surface area contributed by atoms with Gasteiger partial charge in [-0.25, -0.2) is 18.6 Å². The van der Waals surface area contributed by atoms with Crippen LogP contribution in [0.2, 0.25) is 0 Å². The smallest absolute Gasteiger partial charge is 0.409 e. The molecule has 6 fully saturated rings. The first kappa shape index (κ1) is 52.5. The molecule has 6 aliphatic heterocycles. The number of fused-ring (bicyclic) bond motifs is 5. The minimum atomic E-state index is -0.624. The number of aryl methyl sites for hydroxylation is 3. The Hall–Kier alpha value is -6.53. The SMILES string of the molecule is CC.CCc1c(F)ccc2cc(O)cc(-c3nc4c5c(nc(OCC67CCCN6CCC7)nc5c3F)N3CCCOCC3CC4)c12.COC(=O)N1CCC2(CC1)CC(c1ccc3c(C4CCC(=O)NC4=O)nn(C)c3c1)C2. The van der Waals surface area contributed by atoms with E-state index in [0.29, 0.717) is 95.6 Å². The highest BCUT2D eigenvalue weighted by Crippen LogP contribution is 2.57. The first-order chi connectivity index (χ1) is 37.3. The van der Waals surface area contributed by atoms with E-state index in [1.54, 1.807) is 17.0 Å². The number of amides is 3. The highest BCUT2D eigenvalue weighted by molar-refractivity contribution is 6.04. The zero-order chi connectivity index (χ0) is 53.8. The van der Waals surface area contributed by atoms with Gasteiger partial charge in [-0.1, -0.05) is 39.0 Å². The van der Waals surface area contributed by atoms with E-state index in [4.69, 9.17) is 29.2 Å². The van der Waals surface area contributed by atoms with Gasteiger partial charge in [0.15, 0.2) is 5.82 Å². The molecule has 13 rings (SSSR count). The van der Waals surface area contributed by atoms with Gasteiger partial charge in [-0.2, -0.15) is 15.1 Å². The average molecular weight is 1060 g/mol. The molecule has 408 valence electrons. The Bertz CT molecular complexity index is 3250. The molecule has 2 unspecified atom stereocenters. The van der Waals surface area contributed by atoms with E-state index in [0.717, 1.165) is 114 Å². The summed E-state index contributed by atoms with van der Waals surface area (Å²) in [5.74, 6) is -0.711. The fourth-order valence-electron chi connectivity index (χ4n) is 13.9. The number of ether oxygens (including phenoxy) is 3. The predicted molar refractivity (Wildman–Crippen MR) is 289 cm³/mol. The topological polar surface area (TPSA) is 177 Å². The highest BCUT2D eigenvalue weighted by atomic mass is 19.1. The monoisotopic (exact) mass is 1060 g/mol. The number of aromatic nitrogens is 5. The molecule has 1 saturated carbocycles. The molecule has 1 aliphatic carbocycles. The average Bonchev–Trinajstić information content (AvgIpc) is 4.18. The second-order valence-corrected chi connectivity index (χ2v) is 22.1. The van der Waals surface area contributed by atoms with Gasteiger partial charge in [-0.05, 0) is 154 Å². The normalized spacial score (nSPS) is 21.8. The molecule has 0 radical (unpaired) electrons. The van der Waals surface area contributed by atoms with E-state index >= 15 is 8.78 Å². The number of nitrogens with zero attached hydrogens (tertiary/aromatic N) is 8. The Morgan fingerprint density at radius 2 is 1.69 bits per heavy atom. The van der Waals surface area contributed by atoms with Crippen LogP contribution in [0.25, 0.3) is 43.8 Å². The molecular weight excluding hydrogens is 985 g/mol. The molecule has 16 nitrogen and oxygen atoms in total. The molecule has 2 N–H and O–H groups in total. The van der Waals surface area contributed by atoms with Crippen molar-refractivity contribution in [3.8, 4) is 23.0 Å². The fourth-order valence-corrected chi connectivity index (χ4v) is 13.9. The zero-order valence-electron chi connectivity index (χ0n) is 45.1. The van der Waals surface area contributed by atoms with Gasteiger partial charge in [0.25, 0.3) is 0 Å². The lowest BCUT2D eigenvalue weighted by molar-refractivity contribution is -0.134. The Balaban J connectivity index is 0.000000168. The third kappa shape index (κ3) is 9.60. The van der Waals surface area contributed by atoms with Gasteiger partial charge < -0.3 is 29.1 Å². The number of hydrogen-bond acceptors (Lipinski definition) is 13. The lowest BCUT2D eigenvalue weighted by atomic mass is 9.56. The van der Waals surface area contributed by atoms with Crippen LogP contribution in [0.5, 0.6) is 11.8 Å². The lowest BCUT2D eigenvalue weighted by Crippen LogP contribution is -2.48. The molecule has 3 amide bonds. The van der Waals surface area contributed by atoms with Crippen molar-refractivity contribution >= 4 is 56.3 Å². The number of phenols is 1. The van der Waals surface area contributed by atoms with Crippen molar-refractivity contribution in [2.45, 2.75) is 134 Å². The molecular formula is C59H71F2N9O7. The fraction of sp³-hybridized carbons (Fsp3) is 0.542. The number of anilines is 1. The Labute approximate surface area is 447 Å². The summed E-state index contributed by atoms with van der Waals surface area (Å²) in [5.41, 5.74) is 5.12. The molecule has 9 heterocycles. The number of rotatable bonds is 7. The van der Waals surface area contributed by atoms with Crippen LogP contribution in [0.3, 0.4) is 0 Å². The van der Waals surface area contributed by atoms with Gasteiger partial charge in [0.1, 0.15) is 35.2 Å². The minimum absolute atomic E-state index is 0.0143. The highest BCUT2D eigenvalue weighted by Gasteiger charge is 2.48. The molecule has 3 aromatic heterocycles. The number of phenolic OH excluding ortho intramolecular Hbond substituents is 1. The maximum Gasteiger partial charge on any atom is 0.409 e. The molecule has 6 aromatic rings. The van der Waals surface area contributed by atoms with Crippen LogP contribution in [-0.4, -0.2) is 129 Å². The summed E-state index contributed by atoms with van der Waals surface area (Å²) >= 11 is 0. The van der Waals surface area contributed by atoms with Crippen LogP contribution in [0.4, 0.5) is 19.4 Å². The Morgan fingerprint density at radius 1 is 0.909 bits per heavy atom. The van der Waals surface area contributed by atoms with Gasteiger partial charge >= 0.3 is 12.1 Å². The number of pyridine rings is 1. The largest absolute Gasteiger partial charge is 0.508 e. The van der Waals surface area contributed by atoms with Crippen LogP contribution in [-0.2, 0) is 39.0 Å². The maximum absolute atomic E-state index is 17.0. The summed E-state index contributed by atoms with van der Waals surface area (Å²) in [6.07, 6.45) is 12.0. The van der Waals surface area contributed by atoms with Crippen molar-refractivity contribution in [3.63, 3.8) is 0 Å². The summed E-state index contributed by atoms with van der Waals surface area (Å²) in [5, 5.41) is 20.5. The predicted octanol–water partition coefficient (Wildman–Crippen LogP) is 9.79. The van der Waals surface area contributed by atoms with E-state index < -0.39 is 5.82 Å². The van der Waals surface area contributed by atoms with Gasteiger partial charge in [0.2, 0.25) is 11.8 Å². The molecule has 77 heavy (non-hydrogen) atoms. The number of carbonyl (C=O) groups excluding carboxylic acids is 3. The third-order valence-corrected chi connectivity index (χ3v) is 17.8. The van der Waals surface area contributed by atoms with Gasteiger partial charge in [0, 0.05) is 50.7 Å². The van der Waals surface area contributed by atoms with Gasteiger partial charge in [-0.15, -0.1) is 0 Å². The molecule has 5 saturated heterocycles. The van der Waals surface area contributed by atoms with E-state index in [1.807, 2.05) is 32.5 Å². The van der Waals surface area contributed by atoms with Crippen LogP contribution in [0.15, 0.2) is 42.5 Å². The van der Waals surface area contributed by atoms with E-state index in [1.165, 1.54) is 24.8 Å². The number of likely N-dealkylation sites (tertiary alicyclic amines) is 1. The Kier molecular flexibility index (Phi) is 14.6. The summed E-state index contributed by atoms with van der Waals surface area (Å²) in [6, 6.07) is 12.7. The number of benzene rings is 3. The van der Waals surface area contributed by atoms with Crippen molar-refractivity contribution in [2.75, 3.05) is 64.6 Å².